The van der Waals surface area contributed by atoms with Gasteiger partial charge in [-0.1, -0.05) is 28.9 Å². The fourth-order valence-electron chi connectivity index (χ4n) is 3.55. The molecule has 0 saturated carbocycles. The van der Waals surface area contributed by atoms with E-state index >= 15 is 0 Å². The summed E-state index contributed by atoms with van der Waals surface area (Å²) < 4.78 is 41.8. The van der Waals surface area contributed by atoms with Crippen LogP contribution in [0.2, 0.25) is 5.02 Å². The number of carbonyl (C=O) groups is 1. The molecule has 178 valence electrons. The zero-order valence-electron chi connectivity index (χ0n) is 17.7. The number of aliphatic imine (C=N–C) groups is 1. The second-order valence-electron chi connectivity index (χ2n) is 7.57. The average molecular weight is 518 g/mol. The quantitative estimate of drug-likeness (QED) is 0.374. The number of amidine groups is 1. The molecule has 1 amide bonds. The van der Waals surface area contributed by atoms with Gasteiger partial charge in [0.15, 0.2) is 5.17 Å². The monoisotopic (exact) mass is 517 g/mol. The van der Waals surface area contributed by atoms with Crippen molar-refractivity contribution in [2.75, 3.05) is 0 Å². The molecule has 13 heteroatoms. The van der Waals surface area contributed by atoms with Crippen molar-refractivity contribution in [2.24, 2.45) is 4.99 Å². The van der Waals surface area contributed by atoms with Crippen LogP contribution >= 0.6 is 23.4 Å². The largest absolute Gasteiger partial charge is 0.416 e. The first-order chi connectivity index (χ1) is 16.8. The summed E-state index contributed by atoms with van der Waals surface area (Å²) >= 11 is 6.98. The number of fused-ring (bicyclic) bond motifs is 1. The van der Waals surface area contributed by atoms with Gasteiger partial charge in [-0.05, 0) is 53.2 Å². The number of nitrogens with zero attached hydrogens (tertiary/aromatic N) is 5. The highest BCUT2D eigenvalue weighted by Gasteiger charge is 2.33. The zero-order valence-corrected chi connectivity index (χ0v) is 19.2. The number of benzene rings is 2. The molecule has 0 aliphatic carbocycles. The lowest BCUT2D eigenvalue weighted by Gasteiger charge is -2.14. The third kappa shape index (κ3) is 5.08. The van der Waals surface area contributed by atoms with E-state index in [1.54, 1.807) is 30.6 Å². The van der Waals surface area contributed by atoms with Crippen LogP contribution in [-0.2, 0) is 24.1 Å². The fourth-order valence-corrected chi connectivity index (χ4v) is 4.53. The van der Waals surface area contributed by atoms with Gasteiger partial charge in [-0.2, -0.15) is 23.3 Å². The number of amides is 1. The molecule has 5 rings (SSSR count). The Morgan fingerprint density at radius 2 is 2.06 bits per heavy atom. The van der Waals surface area contributed by atoms with E-state index in [-0.39, 0.29) is 23.0 Å². The Morgan fingerprint density at radius 1 is 1.20 bits per heavy atom. The Bertz CT molecular complexity index is 1480. The number of halogens is 4. The van der Waals surface area contributed by atoms with Crippen LogP contribution in [0.15, 0.2) is 58.7 Å². The molecule has 8 nitrogen and oxygen atoms in total. The smallest absolute Gasteiger partial charge is 0.358 e. The number of aromatic nitrogens is 5. The van der Waals surface area contributed by atoms with Crippen LogP contribution in [0.1, 0.15) is 22.4 Å². The van der Waals surface area contributed by atoms with Gasteiger partial charge in [0.05, 0.1) is 35.3 Å². The van der Waals surface area contributed by atoms with Crippen LogP contribution in [0.3, 0.4) is 0 Å². The van der Waals surface area contributed by atoms with Gasteiger partial charge in [0.2, 0.25) is 0 Å². The molecule has 0 spiro atoms. The third-order valence-corrected chi connectivity index (χ3v) is 6.35. The maximum Gasteiger partial charge on any atom is 0.416 e. The molecule has 1 aliphatic heterocycles. The van der Waals surface area contributed by atoms with Crippen molar-refractivity contribution >= 4 is 51.4 Å². The SMILES string of the molecule is O=C1N=C(NCc2c[nH]nn2)SC1=Cc1ccc2c(cnn2Cc2ccc(Cl)cc2C(F)(F)F)c1. The second-order valence-corrected chi connectivity index (χ2v) is 9.04. The van der Waals surface area contributed by atoms with Gasteiger partial charge in [-0.15, -0.1) is 5.10 Å². The van der Waals surface area contributed by atoms with Gasteiger partial charge < -0.3 is 5.32 Å². The highest BCUT2D eigenvalue weighted by atomic mass is 35.5. The molecule has 2 aromatic carbocycles. The van der Waals surface area contributed by atoms with Gasteiger partial charge >= 0.3 is 6.18 Å². The molecule has 0 bridgehead atoms. The molecule has 0 saturated heterocycles. The lowest BCUT2D eigenvalue weighted by atomic mass is 10.1. The number of aromatic amines is 1. The maximum absolute atomic E-state index is 13.5. The van der Waals surface area contributed by atoms with E-state index in [0.29, 0.717) is 27.8 Å². The minimum atomic E-state index is -4.53. The van der Waals surface area contributed by atoms with E-state index in [2.05, 4.69) is 30.8 Å². The number of thioether (sulfide) groups is 1. The average Bonchev–Trinajstić information content (AvgIpc) is 3.54. The minimum Gasteiger partial charge on any atom is -0.358 e. The number of alkyl halides is 3. The summed E-state index contributed by atoms with van der Waals surface area (Å²) in [5, 5.41) is 18.6. The molecule has 35 heavy (non-hydrogen) atoms. The van der Waals surface area contributed by atoms with Crippen LogP contribution < -0.4 is 5.32 Å². The lowest BCUT2D eigenvalue weighted by Crippen LogP contribution is -2.18. The topological polar surface area (TPSA) is 101 Å². The van der Waals surface area contributed by atoms with Crippen molar-refractivity contribution in [1.29, 1.82) is 0 Å². The molecule has 4 aromatic rings. The first-order valence-electron chi connectivity index (χ1n) is 10.2. The Hall–Kier alpha value is -3.64. The van der Waals surface area contributed by atoms with Crippen molar-refractivity contribution in [3.8, 4) is 0 Å². The van der Waals surface area contributed by atoms with Gasteiger partial charge in [-0.25, -0.2) is 0 Å². The molecular formula is C22H15ClF3N7OS. The van der Waals surface area contributed by atoms with Gasteiger partial charge in [0.25, 0.3) is 5.91 Å². The van der Waals surface area contributed by atoms with E-state index in [9.17, 15) is 18.0 Å². The number of rotatable bonds is 5. The minimum absolute atomic E-state index is 0.0175. The predicted molar refractivity (Wildman–Crippen MR) is 127 cm³/mol. The number of hydrogen-bond acceptors (Lipinski definition) is 6. The van der Waals surface area contributed by atoms with E-state index in [4.69, 9.17) is 11.6 Å². The summed E-state index contributed by atoms with van der Waals surface area (Å²) in [4.78, 5) is 16.7. The molecule has 0 atom stereocenters. The Balaban J connectivity index is 1.33. The van der Waals surface area contributed by atoms with E-state index in [1.165, 1.54) is 28.6 Å². The number of nitrogens with one attached hydrogen (secondary N) is 2. The fraction of sp³-hybridized carbons (Fsp3) is 0.136. The van der Waals surface area contributed by atoms with Crippen LogP contribution in [-0.4, -0.2) is 36.3 Å². The van der Waals surface area contributed by atoms with Crippen LogP contribution in [0, 0.1) is 0 Å². The summed E-state index contributed by atoms with van der Waals surface area (Å²) in [5.41, 5.74) is 1.35. The Morgan fingerprint density at radius 3 is 2.83 bits per heavy atom. The lowest BCUT2D eigenvalue weighted by molar-refractivity contribution is -0.138. The van der Waals surface area contributed by atoms with Crippen LogP contribution in [0.25, 0.3) is 17.0 Å². The summed E-state index contributed by atoms with van der Waals surface area (Å²) in [5.74, 6) is -0.365. The summed E-state index contributed by atoms with van der Waals surface area (Å²) in [7, 11) is 0. The highest BCUT2D eigenvalue weighted by molar-refractivity contribution is 8.18. The van der Waals surface area contributed by atoms with Gasteiger partial charge in [0, 0.05) is 16.6 Å². The van der Waals surface area contributed by atoms with Crippen molar-refractivity contribution in [1.82, 2.24) is 30.5 Å². The molecule has 0 fully saturated rings. The molecule has 2 N–H and O–H groups in total. The molecule has 1 aliphatic rings. The summed E-state index contributed by atoms with van der Waals surface area (Å²) in [6.45, 7) is 0.302. The summed E-state index contributed by atoms with van der Waals surface area (Å²) in [6.07, 6.45) is 0.390. The van der Waals surface area contributed by atoms with Gasteiger partial charge in [0.1, 0.15) is 5.69 Å². The molecule has 3 heterocycles. The first-order valence-corrected chi connectivity index (χ1v) is 11.4. The number of carbonyl (C=O) groups excluding carboxylic acids is 1. The van der Waals surface area contributed by atoms with Crippen LogP contribution in [0.5, 0.6) is 0 Å². The van der Waals surface area contributed by atoms with E-state index in [1.807, 2.05) is 6.07 Å². The second kappa shape index (κ2) is 9.19. The molecular weight excluding hydrogens is 503 g/mol. The third-order valence-electron chi connectivity index (χ3n) is 5.17. The highest BCUT2D eigenvalue weighted by Crippen LogP contribution is 2.34. The van der Waals surface area contributed by atoms with Crippen LogP contribution in [0.4, 0.5) is 13.2 Å². The van der Waals surface area contributed by atoms with Crippen molar-refractivity contribution in [3.05, 3.63) is 81.1 Å². The van der Waals surface area contributed by atoms with Crippen molar-refractivity contribution < 1.29 is 18.0 Å². The molecule has 2 aromatic heterocycles. The first kappa shape index (κ1) is 23.1. The van der Waals surface area contributed by atoms with Gasteiger partial charge in [-0.3, -0.25) is 14.6 Å². The standard InChI is InChI=1S/C22H15ClF3N7OS/c23-15-3-2-13(17(7-15)22(24,25)26)11-33-18-4-1-12(5-14(18)8-29-33)6-19-20(34)30-21(35-19)27-9-16-10-28-32-31-16/h1-8,10H,9,11H2,(H,27,30,34)(H,28,31,32). The number of H-pyrrole nitrogens is 1. The summed E-state index contributed by atoms with van der Waals surface area (Å²) in [6, 6.07) is 9.04. The van der Waals surface area contributed by atoms with Crippen molar-refractivity contribution in [2.45, 2.75) is 19.3 Å². The molecule has 0 radical (unpaired) electrons. The molecule has 0 unspecified atom stereocenters. The predicted octanol–water partition coefficient (Wildman–Crippen LogP) is 4.64. The maximum atomic E-state index is 13.5. The Kier molecular flexibility index (Phi) is 6.07. The number of hydrogen-bond donors (Lipinski definition) is 2. The normalized spacial score (nSPS) is 15.3. The Labute approximate surface area is 205 Å². The van der Waals surface area contributed by atoms with E-state index in [0.717, 1.165) is 17.0 Å². The van der Waals surface area contributed by atoms with Crippen molar-refractivity contribution in [3.63, 3.8) is 0 Å². The van der Waals surface area contributed by atoms with E-state index < -0.39 is 11.7 Å². The zero-order chi connectivity index (χ0) is 24.6.